The summed E-state index contributed by atoms with van der Waals surface area (Å²) in [5, 5.41) is 3.49. The van der Waals surface area contributed by atoms with E-state index in [0.29, 0.717) is 0 Å². The van der Waals surface area contributed by atoms with Gasteiger partial charge >= 0.3 is 0 Å². The number of rotatable bonds is 8. The zero-order chi connectivity index (χ0) is 9.23. The molecule has 12 heavy (non-hydrogen) atoms. The van der Waals surface area contributed by atoms with Crippen LogP contribution in [0.3, 0.4) is 0 Å². The molecule has 74 valence electrons. The first-order valence-corrected chi connectivity index (χ1v) is 6.40. The van der Waals surface area contributed by atoms with Gasteiger partial charge in [-0.2, -0.15) is 11.8 Å². The largest absolute Gasteiger partial charge is 0.316 e. The maximum Gasteiger partial charge on any atom is -0.00153 e. The first kappa shape index (κ1) is 12.3. The minimum atomic E-state index is 0.821. The highest BCUT2D eigenvalue weighted by molar-refractivity contribution is 7.98. The van der Waals surface area contributed by atoms with Crippen LogP contribution in [0.25, 0.3) is 0 Å². The fourth-order valence-electron chi connectivity index (χ4n) is 1.19. The molecule has 1 N–H and O–H groups in total. The van der Waals surface area contributed by atoms with E-state index in [1.165, 1.54) is 38.1 Å². The highest BCUT2D eigenvalue weighted by Crippen LogP contribution is 2.02. The van der Waals surface area contributed by atoms with Crippen molar-refractivity contribution in [2.24, 2.45) is 5.92 Å². The van der Waals surface area contributed by atoms with Crippen LogP contribution < -0.4 is 5.32 Å². The number of unbranched alkanes of at least 4 members (excludes halogenated alkanes) is 2. The number of thioether (sulfide) groups is 1. The van der Waals surface area contributed by atoms with Gasteiger partial charge in [0.05, 0.1) is 0 Å². The third-order valence-electron chi connectivity index (χ3n) is 1.90. The minimum absolute atomic E-state index is 0.821. The molecular formula is C10H23NS. The van der Waals surface area contributed by atoms with E-state index >= 15 is 0 Å². The van der Waals surface area contributed by atoms with Crippen LogP contribution in [0.5, 0.6) is 0 Å². The number of hydrogen-bond donors (Lipinski definition) is 1. The smallest absolute Gasteiger partial charge is 0.00153 e. The van der Waals surface area contributed by atoms with Crippen LogP contribution in [0, 0.1) is 5.92 Å². The Morgan fingerprint density at radius 2 is 2.08 bits per heavy atom. The van der Waals surface area contributed by atoms with Crippen molar-refractivity contribution in [3.63, 3.8) is 0 Å². The van der Waals surface area contributed by atoms with Crippen molar-refractivity contribution in [3.8, 4) is 0 Å². The van der Waals surface area contributed by atoms with Crippen molar-refractivity contribution in [1.82, 2.24) is 5.32 Å². The zero-order valence-electron chi connectivity index (χ0n) is 8.73. The third-order valence-corrected chi connectivity index (χ3v) is 2.80. The lowest BCUT2D eigenvalue weighted by atomic mass is 10.2. The second-order valence-corrected chi connectivity index (χ2v) is 4.38. The van der Waals surface area contributed by atoms with Crippen LogP contribution >= 0.6 is 11.8 Å². The van der Waals surface area contributed by atoms with Gasteiger partial charge in [-0.05, 0) is 37.4 Å². The first-order valence-electron chi connectivity index (χ1n) is 5.00. The van der Waals surface area contributed by atoms with E-state index in [0.717, 1.165) is 5.92 Å². The molecule has 0 saturated carbocycles. The summed E-state index contributed by atoms with van der Waals surface area (Å²) in [6.45, 7) is 6.94. The Hall–Kier alpha value is 0.310. The van der Waals surface area contributed by atoms with Gasteiger partial charge in [-0.25, -0.2) is 0 Å². The summed E-state index contributed by atoms with van der Waals surface area (Å²) < 4.78 is 0. The summed E-state index contributed by atoms with van der Waals surface area (Å²) >= 11 is 1.94. The number of hydrogen-bond acceptors (Lipinski definition) is 2. The molecule has 0 aromatic rings. The lowest BCUT2D eigenvalue weighted by molar-refractivity contribution is 0.539. The van der Waals surface area contributed by atoms with Crippen LogP contribution in [-0.4, -0.2) is 25.1 Å². The van der Waals surface area contributed by atoms with Crippen molar-refractivity contribution in [2.45, 2.75) is 33.1 Å². The summed E-state index contributed by atoms with van der Waals surface area (Å²) in [6.07, 6.45) is 6.20. The highest BCUT2D eigenvalue weighted by Gasteiger charge is 1.98. The molecule has 0 amide bonds. The van der Waals surface area contributed by atoms with Gasteiger partial charge in [-0.1, -0.05) is 26.7 Å². The van der Waals surface area contributed by atoms with Crippen LogP contribution in [0.2, 0.25) is 0 Å². The van der Waals surface area contributed by atoms with Gasteiger partial charge in [-0.15, -0.1) is 0 Å². The first-order chi connectivity index (χ1) is 5.81. The maximum absolute atomic E-state index is 3.49. The van der Waals surface area contributed by atoms with E-state index in [2.05, 4.69) is 25.4 Å². The molecule has 0 radical (unpaired) electrons. The van der Waals surface area contributed by atoms with Gasteiger partial charge in [0.15, 0.2) is 0 Å². The summed E-state index contributed by atoms with van der Waals surface area (Å²) in [5.74, 6) is 2.10. The van der Waals surface area contributed by atoms with Crippen molar-refractivity contribution >= 4 is 11.8 Å². The zero-order valence-corrected chi connectivity index (χ0v) is 9.54. The molecule has 0 aliphatic carbocycles. The van der Waals surface area contributed by atoms with E-state index in [1.54, 1.807) is 0 Å². The molecule has 0 fully saturated rings. The Morgan fingerprint density at radius 1 is 1.33 bits per heavy atom. The molecular weight excluding hydrogens is 166 g/mol. The fourth-order valence-corrected chi connectivity index (χ4v) is 1.88. The van der Waals surface area contributed by atoms with Gasteiger partial charge < -0.3 is 5.32 Å². The Labute approximate surface area is 81.7 Å². The van der Waals surface area contributed by atoms with Crippen molar-refractivity contribution < 1.29 is 0 Å². The van der Waals surface area contributed by atoms with Crippen molar-refractivity contribution in [3.05, 3.63) is 0 Å². The fraction of sp³-hybridized carbons (Fsp3) is 1.00. The molecule has 0 aromatic heterocycles. The molecule has 1 atom stereocenters. The molecule has 0 aliphatic heterocycles. The Balaban J connectivity index is 2.97. The summed E-state index contributed by atoms with van der Waals surface area (Å²) in [4.78, 5) is 0. The Bertz CT molecular complexity index is 85.9. The summed E-state index contributed by atoms with van der Waals surface area (Å²) in [6, 6.07) is 0. The van der Waals surface area contributed by atoms with Crippen LogP contribution in [0.15, 0.2) is 0 Å². The molecule has 0 aliphatic rings. The molecule has 0 spiro atoms. The van der Waals surface area contributed by atoms with E-state index < -0.39 is 0 Å². The molecule has 1 unspecified atom stereocenters. The molecule has 0 heterocycles. The molecule has 2 heteroatoms. The van der Waals surface area contributed by atoms with E-state index in [1.807, 2.05) is 11.8 Å². The minimum Gasteiger partial charge on any atom is -0.316 e. The highest BCUT2D eigenvalue weighted by atomic mass is 32.2. The summed E-state index contributed by atoms with van der Waals surface area (Å²) in [7, 11) is 0. The van der Waals surface area contributed by atoms with Gasteiger partial charge in [0.25, 0.3) is 0 Å². The predicted molar refractivity (Wildman–Crippen MR) is 59.9 cm³/mol. The monoisotopic (exact) mass is 189 g/mol. The quantitative estimate of drug-likeness (QED) is 0.589. The third kappa shape index (κ3) is 8.41. The normalized spacial score (nSPS) is 13.2. The van der Waals surface area contributed by atoms with Gasteiger partial charge in [0.1, 0.15) is 0 Å². The molecule has 0 aromatic carbocycles. The van der Waals surface area contributed by atoms with Gasteiger partial charge in [0.2, 0.25) is 0 Å². The van der Waals surface area contributed by atoms with Crippen LogP contribution in [0.1, 0.15) is 33.1 Å². The average Bonchev–Trinajstić information content (AvgIpc) is 2.05. The topological polar surface area (TPSA) is 12.0 Å². The molecule has 0 bridgehead atoms. The Kier molecular flexibility index (Phi) is 9.64. The average molecular weight is 189 g/mol. The van der Waals surface area contributed by atoms with E-state index in [-0.39, 0.29) is 0 Å². The molecule has 1 nitrogen and oxygen atoms in total. The summed E-state index contributed by atoms with van der Waals surface area (Å²) in [5.41, 5.74) is 0. The molecule has 0 rings (SSSR count). The van der Waals surface area contributed by atoms with Crippen LogP contribution in [-0.2, 0) is 0 Å². The maximum atomic E-state index is 3.49. The second kappa shape index (κ2) is 9.40. The Morgan fingerprint density at radius 3 is 2.67 bits per heavy atom. The van der Waals surface area contributed by atoms with E-state index in [4.69, 9.17) is 0 Å². The van der Waals surface area contributed by atoms with Gasteiger partial charge in [0, 0.05) is 0 Å². The SMILES string of the molecule is CCCCCNCC(C)CSC. The lowest BCUT2D eigenvalue weighted by Gasteiger charge is -2.10. The van der Waals surface area contributed by atoms with Crippen molar-refractivity contribution in [2.75, 3.05) is 25.1 Å². The second-order valence-electron chi connectivity index (χ2n) is 3.47. The lowest BCUT2D eigenvalue weighted by Crippen LogP contribution is -2.23. The van der Waals surface area contributed by atoms with E-state index in [9.17, 15) is 0 Å². The van der Waals surface area contributed by atoms with Crippen molar-refractivity contribution in [1.29, 1.82) is 0 Å². The standard InChI is InChI=1S/C10H23NS/c1-4-5-6-7-11-8-10(2)9-12-3/h10-11H,4-9H2,1-3H3. The van der Waals surface area contributed by atoms with Crippen LogP contribution in [0.4, 0.5) is 0 Å². The number of nitrogens with one attached hydrogen (secondary N) is 1. The van der Waals surface area contributed by atoms with Gasteiger partial charge in [-0.3, -0.25) is 0 Å². The predicted octanol–water partition coefficient (Wildman–Crippen LogP) is 2.77. The molecule has 0 saturated heterocycles.